The van der Waals surface area contributed by atoms with Crippen LogP contribution in [-0.2, 0) is 4.74 Å². The third-order valence-electron chi connectivity index (χ3n) is 4.24. The van der Waals surface area contributed by atoms with Gasteiger partial charge in [0, 0.05) is 30.3 Å². The van der Waals surface area contributed by atoms with Crippen molar-refractivity contribution in [2.45, 2.75) is 25.8 Å². The Morgan fingerprint density at radius 3 is 2.80 bits per heavy atom. The number of nitrogens with zero attached hydrogens (tertiary/aromatic N) is 1. The number of benzene rings is 1. The molecule has 0 spiro atoms. The van der Waals surface area contributed by atoms with Crippen LogP contribution < -0.4 is 16.8 Å². The van der Waals surface area contributed by atoms with Crippen molar-refractivity contribution in [3.8, 4) is 0 Å². The van der Waals surface area contributed by atoms with Crippen LogP contribution in [0.2, 0.25) is 0 Å². The number of nitrogens with two attached hydrogens (primary N) is 2. The van der Waals surface area contributed by atoms with E-state index in [-0.39, 0.29) is 11.5 Å². The zero-order valence-corrected chi connectivity index (χ0v) is 14.6. The van der Waals surface area contributed by atoms with Crippen LogP contribution in [0.4, 0.5) is 4.39 Å². The maximum atomic E-state index is 14.2. The fraction of sp³-hybridized carbons (Fsp3) is 0.444. The molecule has 2 unspecified atom stereocenters. The largest absolute Gasteiger partial charge is 0.465 e. The fourth-order valence-corrected chi connectivity index (χ4v) is 2.89. The van der Waals surface area contributed by atoms with Gasteiger partial charge in [-0.25, -0.2) is 9.18 Å². The second-order valence-electron chi connectivity index (χ2n) is 6.11. The van der Waals surface area contributed by atoms with Gasteiger partial charge in [0.1, 0.15) is 5.82 Å². The predicted molar refractivity (Wildman–Crippen MR) is 95.8 cm³/mol. The molecule has 5 N–H and O–H groups in total. The molecule has 1 aliphatic rings. The molecule has 136 valence electrons. The number of carbonyl (C=O) groups is 1. The number of carbonyl (C=O) groups excluding carboxylic acids is 1. The number of halogens is 1. The molecule has 0 radical (unpaired) electrons. The Morgan fingerprint density at radius 2 is 2.28 bits per heavy atom. The Labute approximate surface area is 147 Å². The van der Waals surface area contributed by atoms with E-state index in [4.69, 9.17) is 11.5 Å². The van der Waals surface area contributed by atoms with Gasteiger partial charge in [-0.05, 0) is 38.4 Å². The summed E-state index contributed by atoms with van der Waals surface area (Å²) in [5.41, 5.74) is 13.5. The third kappa shape index (κ3) is 4.64. The van der Waals surface area contributed by atoms with Gasteiger partial charge in [-0.2, -0.15) is 0 Å². The summed E-state index contributed by atoms with van der Waals surface area (Å²) >= 11 is 0. The molecule has 2 atom stereocenters. The summed E-state index contributed by atoms with van der Waals surface area (Å²) in [5, 5.41) is 3.32. The average molecular weight is 348 g/mol. The predicted octanol–water partition coefficient (Wildman–Crippen LogP) is 1.55. The molecule has 7 heteroatoms. The minimum absolute atomic E-state index is 0.124. The number of rotatable bonds is 5. The topological polar surface area (TPSA) is 103 Å². The maximum Gasteiger partial charge on any atom is 0.340 e. The highest BCUT2D eigenvalue weighted by atomic mass is 19.1. The Kier molecular flexibility index (Phi) is 6.66. The van der Waals surface area contributed by atoms with Crippen LogP contribution in [0.25, 0.3) is 0 Å². The van der Waals surface area contributed by atoms with Crippen molar-refractivity contribution in [1.29, 1.82) is 0 Å². The molecule has 2 rings (SSSR count). The van der Waals surface area contributed by atoms with Crippen molar-refractivity contribution >= 4 is 11.7 Å². The highest BCUT2D eigenvalue weighted by Crippen LogP contribution is 2.22. The number of methoxy groups -OCH3 is 1. The summed E-state index contributed by atoms with van der Waals surface area (Å²) in [7, 11) is 1.21. The number of hydrogen-bond donors (Lipinski definition) is 3. The molecule has 1 fully saturated rings. The molecule has 1 aliphatic heterocycles. The van der Waals surface area contributed by atoms with Crippen LogP contribution in [0.15, 0.2) is 35.1 Å². The van der Waals surface area contributed by atoms with Gasteiger partial charge in [0.15, 0.2) is 0 Å². The van der Waals surface area contributed by atoms with Crippen LogP contribution in [0.5, 0.6) is 0 Å². The number of hydrogen-bond acceptors (Lipinski definition) is 6. The van der Waals surface area contributed by atoms with Crippen molar-refractivity contribution in [3.63, 3.8) is 0 Å². The van der Waals surface area contributed by atoms with Crippen LogP contribution in [0.1, 0.15) is 35.7 Å². The zero-order valence-electron chi connectivity index (χ0n) is 14.6. The van der Waals surface area contributed by atoms with Gasteiger partial charge in [-0.1, -0.05) is 6.07 Å². The first kappa shape index (κ1) is 19.1. The van der Waals surface area contributed by atoms with Gasteiger partial charge in [-0.15, -0.1) is 0 Å². The van der Waals surface area contributed by atoms with Crippen molar-refractivity contribution < 1.29 is 13.9 Å². The Morgan fingerprint density at radius 1 is 1.52 bits per heavy atom. The number of esters is 1. The molecule has 0 aliphatic carbocycles. The standard InChI is InChI=1S/C18H25FN4O2/c1-11(21)17(23-16(9-20)13-4-3-7-22-10-13)12-5-6-14(15(19)8-12)18(24)25-2/h5-6,8-9,11,13,22H,3-4,7,10,20-21H2,1-2H3/b16-9-,23-17?. The quantitative estimate of drug-likeness (QED) is 0.553. The Balaban J connectivity index is 2.36. The minimum Gasteiger partial charge on any atom is -0.465 e. The summed E-state index contributed by atoms with van der Waals surface area (Å²) in [6, 6.07) is 3.82. The molecular weight excluding hydrogens is 323 g/mol. The summed E-state index contributed by atoms with van der Waals surface area (Å²) in [6.07, 6.45) is 3.52. The minimum atomic E-state index is -0.723. The number of nitrogens with one attached hydrogen (secondary N) is 1. The first-order valence-corrected chi connectivity index (χ1v) is 8.32. The van der Waals surface area contributed by atoms with E-state index in [1.165, 1.54) is 25.4 Å². The van der Waals surface area contributed by atoms with Gasteiger partial charge >= 0.3 is 5.97 Å². The molecule has 1 heterocycles. The molecule has 1 aromatic rings. The first-order chi connectivity index (χ1) is 12.0. The number of ether oxygens (including phenoxy) is 1. The highest BCUT2D eigenvalue weighted by molar-refractivity contribution is 6.05. The van der Waals surface area contributed by atoms with Crippen LogP contribution in [-0.4, -0.2) is 37.9 Å². The SMILES string of the molecule is COC(=O)c1ccc(C(=N/C(=C\N)C2CCCNC2)C(C)N)cc1F. The van der Waals surface area contributed by atoms with Crippen LogP contribution in [0, 0.1) is 11.7 Å². The van der Waals surface area contributed by atoms with Gasteiger partial charge in [0.05, 0.1) is 24.1 Å². The summed E-state index contributed by atoms with van der Waals surface area (Å²) in [5.74, 6) is -1.19. The van der Waals surface area contributed by atoms with Crippen molar-refractivity contribution in [3.05, 3.63) is 47.0 Å². The molecular formula is C18H25FN4O2. The summed E-state index contributed by atoms with van der Waals surface area (Å²) < 4.78 is 18.8. The Hall–Kier alpha value is -2.25. The lowest BCUT2D eigenvalue weighted by atomic mass is 9.95. The molecule has 1 saturated heterocycles. The van der Waals surface area contributed by atoms with Crippen LogP contribution >= 0.6 is 0 Å². The Bertz CT molecular complexity index is 680. The monoisotopic (exact) mass is 348 g/mol. The average Bonchev–Trinajstić information content (AvgIpc) is 2.62. The van der Waals surface area contributed by atoms with Gasteiger partial charge in [0.2, 0.25) is 0 Å². The molecule has 1 aromatic carbocycles. The lowest BCUT2D eigenvalue weighted by Gasteiger charge is -2.24. The molecule has 0 aromatic heterocycles. The lowest BCUT2D eigenvalue weighted by Crippen LogP contribution is -2.32. The number of piperidine rings is 1. The van der Waals surface area contributed by atoms with Gasteiger partial charge in [-0.3, -0.25) is 4.99 Å². The van der Waals surface area contributed by atoms with E-state index in [0.29, 0.717) is 11.3 Å². The van der Waals surface area contributed by atoms with E-state index in [1.54, 1.807) is 13.0 Å². The smallest absolute Gasteiger partial charge is 0.340 e. The second kappa shape index (κ2) is 8.73. The summed E-state index contributed by atoms with van der Waals surface area (Å²) in [4.78, 5) is 16.2. The van der Waals surface area contributed by atoms with Crippen molar-refractivity contribution in [2.24, 2.45) is 22.4 Å². The van der Waals surface area contributed by atoms with E-state index in [0.717, 1.165) is 31.6 Å². The molecule has 25 heavy (non-hydrogen) atoms. The van der Waals surface area contributed by atoms with Crippen molar-refractivity contribution in [1.82, 2.24) is 5.32 Å². The van der Waals surface area contributed by atoms with Gasteiger partial charge in [0.25, 0.3) is 0 Å². The van der Waals surface area contributed by atoms with Gasteiger partial charge < -0.3 is 21.5 Å². The van der Waals surface area contributed by atoms with E-state index >= 15 is 0 Å². The molecule has 6 nitrogen and oxygen atoms in total. The number of aliphatic imine (C=N–C) groups is 1. The van der Waals surface area contributed by atoms with E-state index < -0.39 is 17.8 Å². The molecule has 0 bridgehead atoms. The maximum absolute atomic E-state index is 14.2. The van der Waals surface area contributed by atoms with Crippen LogP contribution in [0.3, 0.4) is 0 Å². The summed E-state index contributed by atoms with van der Waals surface area (Å²) in [6.45, 7) is 3.56. The highest BCUT2D eigenvalue weighted by Gasteiger charge is 2.20. The van der Waals surface area contributed by atoms with E-state index in [2.05, 4.69) is 15.0 Å². The molecule has 0 amide bonds. The van der Waals surface area contributed by atoms with E-state index in [1.807, 2.05) is 0 Å². The zero-order chi connectivity index (χ0) is 18.4. The fourth-order valence-electron chi connectivity index (χ4n) is 2.89. The second-order valence-corrected chi connectivity index (χ2v) is 6.11. The van der Waals surface area contributed by atoms with E-state index in [9.17, 15) is 9.18 Å². The molecule has 0 saturated carbocycles. The lowest BCUT2D eigenvalue weighted by molar-refractivity contribution is 0.0595. The first-order valence-electron chi connectivity index (χ1n) is 8.32. The van der Waals surface area contributed by atoms with Crippen molar-refractivity contribution in [2.75, 3.05) is 20.2 Å². The third-order valence-corrected chi connectivity index (χ3v) is 4.24. The normalized spacial score (nSPS) is 20.2.